The normalized spacial score (nSPS) is 10.4. The van der Waals surface area contributed by atoms with Gasteiger partial charge in [-0.05, 0) is 30.7 Å². The van der Waals surface area contributed by atoms with Crippen LogP contribution in [-0.4, -0.2) is 25.1 Å². The molecule has 1 aromatic rings. The second kappa shape index (κ2) is 15.1. The molecule has 0 heterocycles. The molecule has 152 valence electrons. The molecule has 27 heavy (non-hydrogen) atoms. The monoisotopic (exact) mass is 377 g/mol. The number of amides is 1. The Labute approximate surface area is 163 Å². The quantitative estimate of drug-likeness (QED) is 0.324. The van der Waals surface area contributed by atoms with Gasteiger partial charge in [0.2, 0.25) is 5.91 Å². The highest BCUT2D eigenvalue weighted by molar-refractivity contribution is 5.88. The van der Waals surface area contributed by atoms with Crippen LogP contribution in [0.2, 0.25) is 0 Å². The maximum absolute atomic E-state index is 11.7. The fourth-order valence-corrected chi connectivity index (χ4v) is 2.80. The van der Waals surface area contributed by atoms with Crippen molar-refractivity contribution in [2.24, 2.45) is 0 Å². The van der Waals surface area contributed by atoms with Gasteiger partial charge < -0.3 is 14.8 Å². The number of benzene rings is 1. The predicted molar refractivity (Wildman–Crippen MR) is 109 cm³/mol. The molecule has 1 N–H and O–H groups in total. The minimum absolute atomic E-state index is 0.109. The van der Waals surface area contributed by atoms with E-state index in [0.29, 0.717) is 18.8 Å². The summed E-state index contributed by atoms with van der Waals surface area (Å²) in [6.45, 7) is 4.28. The molecule has 0 unspecified atom stereocenters. The van der Waals surface area contributed by atoms with Crippen LogP contribution in [0.25, 0.3) is 0 Å². The summed E-state index contributed by atoms with van der Waals surface area (Å²) in [5, 5.41) is 2.69. The average molecular weight is 378 g/mol. The van der Waals surface area contributed by atoms with Crippen molar-refractivity contribution in [3.8, 4) is 5.75 Å². The molecule has 0 atom stereocenters. The Balaban J connectivity index is 1.97. The van der Waals surface area contributed by atoms with Crippen LogP contribution in [0, 0.1) is 0 Å². The van der Waals surface area contributed by atoms with Crippen molar-refractivity contribution in [3.05, 3.63) is 24.3 Å². The van der Waals surface area contributed by atoms with Gasteiger partial charge in [0.25, 0.3) is 0 Å². The number of carbonyl (C=O) groups is 2. The van der Waals surface area contributed by atoms with E-state index in [-0.39, 0.29) is 18.5 Å². The first-order valence-electron chi connectivity index (χ1n) is 10.3. The molecular formula is C22H35NO4. The van der Waals surface area contributed by atoms with Crippen LogP contribution >= 0.6 is 0 Å². The number of nitrogens with one attached hydrogen (secondary N) is 1. The van der Waals surface area contributed by atoms with Crippen molar-refractivity contribution in [2.45, 2.75) is 78.1 Å². The third-order valence-corrected chi connectivity index (χ3v) is 4.27. The van der Waals surface area contributed by atoms with Crippen LogP contribution in [0.5, 0.6) is 5.75 Å². The van der Waals surface area contributed by atoms with Gasteiger partial charge in [0.05, 0.1) is 0 Å². The molecule has 0 radical (unpaired) electrons. The van der Waals surface area contributed by atoms with E-state index in [9.17, 15) is 9.59 Å². The second-order valence-electron chi connectivity index (χ2n) is 6.85. The number of anilines is 1. The van der Waals surface area contributed by atoms with Crippen LogP contribution in [0.4, 0.5) is 5.69 Å². The summed E-state index contributed by atoms with van der Waals surface area (Å²) in [5.74, 6) is 0.421. The van der Waals surface area contributed by atoms with Gasteiger partial charge in [0.1, 0.15) is 19.0 Å². The zero-order chi connectivity index (χ0) is 19.7. The van der Waals surface area contributed by atoms with E-state index in [0.717, 1.165) is 18.5 Å². The largest absolute Gasteiger partial charge is 0.490 e. The predicted octanol–water partition coefficient (Wildman–Crippen LogP) is 5.49. The van der Waals surface area contributed by atoms with E-state index >= 15 is 0 Å². The molecule has 0 spiro atoms. The van der Waals surface area contributed by atoms with Crippen molar-refractivity contribution in [2.75, 3.05) is 18.5 Å². The highest BCUT2D eigenvalue weighted by atomic mass is 16.6. The van der Waals surface area contributed by atoms with Gasteiger partial charge >= 0.3 is 5.97 Å². The summed E-state index contributed by atoms with van der Waals surface area (Å²) < 4.78 is 10.7. The van der Waals surface area contributed by atoms with Gasteiger partial charge in [0, 0.05) is 19.0 Å². The molecule has 1 rings (SSSR count). The van der Waals surface area contributed by atoms with Gasteiger partial charge in [0.15, 0.2) is 0 Å². The Morgan fingerprint density at radius 1 is 0.852 bits per heavy atom. The van der Waals surface area contributed by atoms with E-state index in [1.165, 1.54) is 51.9 Å². The summed E-state index contributed by atoms with van der Waals surface area (Å²) in [7, 11) is 0. The van der Waals surface area contributed by atoms with E-state index in [2.05, 4.69) is 12.2 Å². The zero-order valence-corrected chi connectivity index (χ0v) is 16.9. The molecule has 0 aromatic heterocycles. The number of carbonyl (C=O) groups excluding carboxylic acids is 2. The van der Waals surface area contributed by atoms with Crippen molar-refractivity contribution in [1.29, 1.82) is 0 Å². The van der Waals surface area contributed by atoms with Gasteiger partial charge in [-0.2, -0.15) is 0 Å². The van der Waals surface area contributed by atoms with Crippen LogP contribution in [-0.2, 0) is 14.3 Å². The zero-order valence-electron chi connectivity index (χ0n) is 16.9. The summed E-state index contributed by atoms with van der Waals surface area (Å²) >= 11 is 0. The first kappa shape index (κ1) is 23.0. The standard InChI is InChI=1S/C22H35NO4/c1-3-4-5-6-7-8-9-10-11-12-22(25)27-18-17-26-21-15-13-20(14-16-21)23-19(2)24/h13-16H,3-12,17-18H2,1-2H3,(H,23,24). The Hall–Kier alpha value is -2.04. The van der Waals surface area contributed by atoms with Crippen molar-refractivity contribution in [3.63, 3.8) is 0 Å². The SMILES string of the molecule is CCCCCCCCCCCC(=O)OCCOc1ccc(NC(C)=O)cc1. The molecule has 0 aliphatic heterocycles. The Bertz CT molecular complexity index is 528. The Morgan fingerprint density at radius 3 is 2.04 bits per heavy atom. The van der Waals surface area contributed by atoms with E-state index in [1.54, 1.807) is 24.3 Å². The van der Waals surface area contributed by atoms with Gasteiger partial charge in [-0.25, -0.2) is 0 Å². The number of rotatable bonds is 15. The number of ether oxygens (including phenoxy) is 2. The highest BCUT2D eigenvalue weighted by Gasteiger charge is 2.03. The average Bonchev–Trinajstić information content (AvgIpc) is 2.65. The lowest BCUT2D eigenvalue weighted by atomic mass is 10.1. The van der Waals surface area contributed by atoms with Gasteiger partial charge in [-0.1, -0.05) is 58.3 Å². The second-order valence-corrected chi connectivity index (χ2v) is 6.85. The smallest absolute Gasteiger partial charge is 0.305 e. The third-order valence-electron chi connectivity index (χ3n) is 4.27. The molecule has 1 amide bonds. The number of esters is 1. The molecule has 0 fully saturated rings. The van der Waals surface area contributed by atoms with E-state index < -0.39 is 0 Å². The van der Waals surface area contributed by atoms with E-state index in [4.69, 9.17) is 9.47 Å². The maximum atomic E-state index is 11.7. The summed E-state index contributed by atoms with van der Waals surface area (Å²) in [5.41, 5.74) is 0.724. The molecule has 5 nitrogen and oxygen atoms in total. The first-order chi connectivity index (χ1) is 13.1. The Kier molecular flexibility index (Phi) is 12.8. The maximum Gasteiger partial charge on any atom is 0.305 e. The molecule has 0 saturated heterocycles. The molecule has 0 aliphatic carbocycles. The first-order valence-corrected chi connectivity index (χ1v) is 10.3. The number of hydrogen-bond donors (Lipinski definition) is 1. The fourth-order valence-electron chi connectivity index (χ4n) is 2.80. The summed E-state index contributed by atoms with van der Waals surface area (Å²) in [4.78, 5) is 22.6. The summed E-state index contributed by atoms with van der Waals surface area (Å²) in [6, 6.07) is 7.09. The number of hydrogen-bond acceptors (Lipinski definition) is 4. The topological polar surface area (TPSA) is 64.6 Å². The number of unbranched alkanes of at least 4 members (excludes halogenated alkanes) is 8. The lowest BCUT2D eigenvalue weighted by molar-refractivity contribution is -0.144. The van der Waals surface area contributed by atoms with Crippen molar-refractivity contribution < 1.29 is 19.1 Å². The minimum Gasteiger partial charge on any atom is -0.490 e. The molecule has 0 aliphatic rings. The van der Waals surface area contributed by atoms with Crippen molar-refractivity contribution in [1.82, 2.24) is 0 Å². The molecule has 1 aromatic carbocycles. The minimum atomic E-state index is -0.150. The van der Waals surface area contributed by atoms with Crippen LogP contribution in [0.3, 0.4) is 0 Å². The highest BCUT2D eigenvalue weighted by Crippen LogP contribution is 2.15. The van der Waals surface area contributed by atoms with Crippen LogP contribution < -0.4 is 10.1 Å². The van der Waals surface area contributed by atoms with E-state index in [1.807, 2.05) is 0 Å². The molecule has 0 saturated carbocycles. The lowest BCUT2D eigenvalue weighted by Gasteiger charge is -2.08. The lowest BCUT2D eigenvalue weighted by Crippen LogP contribution is -2.12. The van der Waals surface area contributed by atoms with Crippen LogP contribution in [0.15, 0.2) is 24.3 Å². The summed E-state index contributed by atoms with van der Waals surface area (Å²) in [6.07, 6.45) is 11.6. The molecular weight excluding hydrogens is 342 g/mol. The molecule has 5 heteroatoms. The fraction of sp³-hybridized carbons (Fsp3) is 0.636. The molecule has 0 bridgehead atoms. The van der Waals surface area contributed by atoms with Crippen molar-refractivity contribution >= 4 is 17.6 Å². The van der Waals surface area contributed by atoms with Crippen LogP contribution in [0.1, 0.15) is 78.1 Å². The third kappa shape index (κ3) is 12.9. The Morgan fingerprint density at radius 2 is 1.44 bits per heavy atom. The van der Waals surface area contributed by atoms with Gasteiger partial charge in [-0.15, -0.1) is 0 Å². The van der Waals surface area contributed by atoms with Gasteiger partial charge in [-0.3, -0.25) is 9.59 Å².